The zero-order valence-electron chi connectivity index (χ0n) is 14.7. The van der Waals surface area contributed by atoms with Crippen LogP contribution in [-0.4, -0.2) is 20.9 Å². The zero-order chi connectivity index (χ0) is 19.0. The second-order valence-corrected chi connectivity index (χ2v) is 6.95. The number of rotatable bonds is 4. The number of carboxylic acids is 1. The molecule has 0 atom stereocenters. The molecule has 0 bridgehead atoms. The molecule has 0 radical (unpaired) electrons. The fraction of sp³-hybridized carbons (Fsp3) is 0.200. The molecule has 6 heteroatoms. The van der Waals surface area contributed by atoms with Crippen molar-refractivity contribution in [1.82, 2.24) is 9.78 Å². The van der Waals surface area contributed by atoms with Gasteiger partial charge in [0.2, 0.25) is 0 Å². The molecule has 4 nitrogen and oxygen atoms in total. The van der Waals surface area contributed by atoms with Crippen LogP contribution in [0.2, 0.25) is 10.0 Å². The van der Waals surface area contributed by atoms with E-state index in [0.717, 1.165) is 11.3 Å². The van der Waals surface area contributed by atoms with Gasteiger partial charge in [-0.3, -0.25) is 0 Å². The van der Waals surface area contributed by atoms with Gasteiger partial charge in [0.05, 0.1) is 21.4 Å². The molecule has 3 rings (SSSR count). The van der Waals surface area contributed by atoms with Crippen LogP contribution in [0.5, 0.6) is 0 Å². The minimum atomic E-state index is -1.02. The number of hydrogen-bond donors (Lipinski definition) is 1. The van der Waals surface area contributed by atoms with Gasteiger partial charge in [-0.15, -0.1) is 0 Å². The number of carboxylic acid groups (broad SMARTS) is 1. The van der Waals surface area contributed by atoms with Crippen LogP contribution < -0.4 is 0 Å². The topological polar surface area (TPSA) is 55.1 Å². The molecule has 1 N–H and O–H groups in total. The predicted octanol–water partition coefficient (Wildman–Crippen LogP) is 5.72. The molecule has 0 fully saturated rings. The molecular weight excluding hydrogens is 371 g/mol. The molecule has 3 aromatic rings. The molecule has 1 aromatic heterocycles. The zero-order valence-corrected chi connectivity index (χ0v) is 16.2. The van der Waals surface area contributed by atoms with Crippen molar-refractivity contribution >= 4 is 29.2 Å². The predicted molar refractivity (Wildman–Crippen MR) is 105 cm³/mol. The Kier molecular flexibility index (Phi) is 5.08. The Bertz CT molecular complexity index is 1010. The molecule has 134 valence electrons. The van der Waals surface area contributed by atoms with E-state index in [9.17, 15) is 9.90 Å². The van der Waals surface area contributed by atoms with Gasteiger partial charge < -0.3 is 5.11 Å². The number of carbonyl (C=O) groups is 1. The molecule has 2 aromatic carbocycles. The summed E-state index contributed by atoms with van der Waals surface area (Å²) in [6.07, 6.45) is 0.531. The number of nitrogens with zero attached hydrogens (tertiary/aromatic N) is 2. The fourth-order valence-electron chi connectivity index (χ4n) is 2.92. The van der Waals surface area contributed by atoms with Crippen LogP contribution in [0, 0.1) is 13.8 Å². The summed E-state index contributed by atoms with van der Waals surface area (Å²) in [5.74, 6) is -1.02. The Morgan fingerprint density at radius 1 is 1.08 bits per heavy atom. The Hall–Kier alpha value is -2.30. The SMILES string of the molecule is CCc1c(C(=O)O)c(-c2ccc(Cl)c(Cl)c2)nn1-c1ccc(C)c(C)c1. The maximum Gasteiger partial charge on any atom is 0.339 e. The maximum absolute atomic E-state index is 12.0. The molecular formula is C20H18Cl2N2O2. The third kappa shape index (κ3) is 3.22. The van der Waals surface area contributed by atoms with Crippen LogP contribution >= 0.6 is 23.2 Å². The van der Waals surface area contributed by atoms with Gasteiger partial charge in [0.1, 0.15) is 11.3 Å². The van der Waals surface area contributed by atoms with E-state index < -0.39 is 5.97 Å². The Morgan fingerprint density at radius 2 is 1.81 bits per heavy atom. The van der Waals surface area contributed by atoms with E-state index in [1.165, 1.54) is 5.56 Å². The van der Waals surface area contributed by atoms with Gasteiger partial charge in [0.25, 0.3) is 0 Å². The van der Waals surface area contributed by atoms with Crippen LogP contribution in [-0.2, 0) is 6.42 Å². The van der Waals surface area contributed by atoms with Crippen molar-refractivity contribution in [2.75, 3.05) is 0 Å². The lowest BCUT2D eigenvalue weighted by atomic mass is 10.0. The Morgan fingerprint density at radius 3 is 2.38 bits per heavy atom. The van der Waals surface area contributed by atoms with Crippen LogP contribution in [0.15, 0.2) is 36.4 Å². The first-order valence-corrected chi connectivity index (χ1v) is 8.97. The van der Waals surface area contributed by atoms with Gasteiger partial charge in [0, 0.05) is 5.56 Å². The van der Waals surface area contributed by atoms with E-state index in [2.05, 4.69) is 5.10 Å². The average molecular weight is 389 g/mol. The van der Waals surface area contributed by atoms with Crippen LogP contribution in [0.4, 0.5) is 0 Å². The summed E-state index contributed by atoms with van der Waals surface area (Å²) in [6.45, 7) is 5.97. The molecule has 0 aliphatic heterocycles. The highest BCUT2D eigenvalue weighted by Gasteiger charge is 2.24. The highest BCUT2D eigenvalue weighted by Crippen LogP contribution is 2.32. The molecule has 0 aliphatic carbocycles. The summed E-state index contributed by atoms with van der Waals surface area (Å²) in [4.78, 5) is 12.0. The Labute approximate surface area is 162 Å². The molecule has 26 heavy (non-hydrogen) atoms. The van der Waals surface area contributed by atoms with Gasteiger partial charge in [-0.25, -0.2) is 9.48 Å². The number of benzene rings is 2. The van der Waals surface area contributed by atoms with Gasteiger partial charge in [0.15, 0.2) is 0 Å². The van der Waals surface area contributed by atoms with Crippen molar-refractivity contribution < 1.29 is 9.90 Å². The molecule has 0 spiro atoms. The van der Waals surface area contributed by atoms with Crippen molar-refractivity contribution in [3.05, 3.63) is 68.8 Å². The van der Waals surface area contributed by atoms with E-state index in [-0.39, 0.29) is 5.56 Å². The fourth-order valence-corrected chi connectivity index (χ4v) is 3.22. The summed E-state index contributed by atoms with van der Waals surface area (Å²) >= 11 is 12.1. The second-order valence-electron chi connectivity index (χ2n) is 6.14. The number of aromatic carboxylic acids is 1. The molecule has 0 unspecified atom stereocenters. The van der Waals surface area contributed by atoms with Crippen molar-refractivity contribution in [3.63, 3.8) is 0 Å². The lowest BCUT2D eigenvalue weighted by Crippen LogP contribution is -2.06. The monoisotopic (exact) mass is 388 g/mol. The van der Waals surface area contributed by atoms with E-state index >= 15 is 0 Å². The summed E-state index contributed by atoms with van der Waals surface area (Å²) in [6, 6.07) is 11.0. The minimum Gasteiger partial charge on any atom is -0.478 e. The first-order chi connectivity index (χ1) is 12.3. The quantitative estimate of drug-likeness (QED) is 0.621. The Balaban J connectivity index is 2.28. The third-order valence-electron chi connectivity index (χ3n) is 4.46. The molecule has 0 amide bonds. The lowest BCUT2D eigenvalue weighted by Gasteiger charge is -2.09. The van der Waals surface area contributed by atoms with Crippen LogP contribution in [0.25, 0.3) is 16.9 Å². The number of halogens is 2. The van der Waals surface area contributed by atoms with Crippen LogP contribution in [0.1, 0.15) is 34.1 Å². The average Bonchev–Trinajstić information content (AvgIpc) is 2.99. The lowest BCUT2D eigenvalue weighted by molar-refractivity contribution is 0.0696. The normalized spacial score (nSPS) is 11.0. The molecule has 0 saturated carbocycles. The first kappa shape index (κ1) is 18.5. The molecule has 0 aliphatic rings. The minimum absolute atomic E-state index is 0.184. The van der Waals surface area contributed by atoms with E-state index in [0.29, 0.717) is 33.4 Å². The summed E-state index contributed by atoms with van der Waals surface area (Å²) in [7, 11) is 0. The molecule has 0 saturated heterocycles. The number of aryl methyl sites for hydroxylation is 2. The van der Waals surface area contributed by atoms with E-state index in [1.807, 2.05) is 39.0 Å². The van der Waals surface area contributed by atoms with Crippen molar-refractivity contribution in [1.29, 1.82) is 0 Å². The van der Waals surface area contributed by atoms with Crippen LogP contribution in [0.3, 0.4) is 0 Å². The summed E-state index contributed by atoms with van der Waals surface area (Å²) < 4.78 is 1.70. The number of aromatic nitrogens is 2. The standard InChI is InChI=1S/C20H18Cl2N2O2/c1-4-17-18(20(25)26)19(13-6-8-15(21)16(22)10-13)23-24(17)14-7-5-11(2)12(3)9-14/h5-10H,4H2,1-3H3,(H,25,26). The first-order valence-electron chi connectivity index (χ1n) is 8.21. The third-order valence-corrected chi connectivity index (χ3v) is 5.20. The summed E-state index contributed by atoms with van der Waals surface area (Å²) in [5.41, 5.74) is 4.94. The van der Waals surface area contributed by atoms with Crippen molar-refractivity contribution in [3.8, 4) is 16.9 Å². The highest BCUT2D eigenvalue weighted by molar-refractivity contribution is 6.42. The van der Waals surface area contributed by atoms with Crippen molar-refractivity contribution in [2.24, 2.45) is 0 Å². The second kappa shape index (κ2) is 7.14. The smallest absolute Gasteiger partial charge is 0.339 e. The van der Waals surface area contributed by atoms with Gasteiger partial charge in [-0.2, -0.15) is 5.10 Å². The van der Waals surface area contributed by atoms with Gasteiger partial charge in [-0.1, -0.05) is 42.3 Å². The number of hydrogen-bond acceptors (Lipinski definition) is 2. The summed E-state index contributed by atoms with van der Waals surface area (Å²) in [5, 5.41) is 15.2. The van der Waals surface area contributed by atoms with Gasteiger partial charge in [-0.05, 0) is 55.7 Å². The van der Waals surface area contributed by atoms with Gasteiger partial charge >= 0.3 is 5.97 Å². The highest BCUT2D eigenvalue weighted by atomic mass is 35.5. The maximum atomic E-state index is 12.0. The van der Waals surface area contributed by atoms with E-state index in [1.54, 1.807) is 22.9 Å². The van der Waals surface area contributed by atoms with E-state index in [4.69, 9.17) is 23.2 Å². The largest absolute Gasteiger partial charge is 0.478 e. The molecule has 1 heterocycles. The van der Waals surface area contributed by atoms with Crippen molar-refractivity contribution in [2.45, 2.75) is 27.2 Å².